The number of epoxide rings is 1. The van der Waals surface area contributed by atoms with Gasteiger partial charge in [0, 0.05) is 40.8 Å². The van der Waals surface area contributed by atoms with E-state index in [0.29, 0.717) is 49.5 Å². The van der Waals surface area contributed by atoms with E-state index in [2.05, 4.69) is 29.4 Å². The summed E-state index contributed by atoms with van der Waals surface area (Å²) in [7, 11) is 0. The number of fused-ring (bicyclic) bond motifs is 5. The third-order valence-corrected chi connectivity index (χ3v) is 17.7. The Hall–Kier alpha value is -2.73. The monoisotopic (exact) mass is 744 g/mol. The molecular formula is C43H56N2O9. The first-order chi connectivity index (χ1) is 25.8. The number of esters is 2. The number of nitrogens with one attached hydrogen (secondary N) is 1. The highest BCUT2D eigenvalue weighted by Crippen LogP contribution is 2.81. The maximum atomic E-state index is 14.9. The maximum Gasteiger partial charge on any atom is 0.339 e. The molecule has 9 fully saturated rings. The lowest BCUT2D eigenvalue weighted by Gasteiger charge is -2.67. The molecule has 4 saturated carbocycles. The SMILES string of the molecule is CC1(C)O[C@H]2C3(CCCC3)C(=O)OC[C@@]23[C@@H]1C(=O)[C@@H](O)[C@]1(C)[C@@H]3CC[C@@]2(C)[C@H](c3ccoc3CC[C@@H]3CC[C@H]4[C@H](C=CN5CNC[C@@H]45)C3)OC(=O)[C@H]3O[C@@]312. The number of ether oxygens (including phenoxy) is 4. The van der Waals surface area contributed by atoms with Gasteiger partial charge in [-0.1, -0.05) is 39.2 Å². The molecule has 10 aliphatic rings. The van der Waals surface area contributed by atoms with Gasteiger partial charge in [0.15, 0.2) is 11.9 Å². The van der Waals surface area contributed by atoms with Crippen LogP contribution in [0.25, 0.3) is 0 Å². The second kappa shape index (κ2) is 11.0. The number of Topliss-reactive ketones (excluding diaryl/α,β-unsaturated/α-hetero) is 1. The molecule has 0 bridgehead atoms. The summed E-state index contributed by atoms with van der Waals surface area (Å²) in [6, 6.07) is 2.56. The number of cyclic esters (lactones) is 2. The zero-order valence-electron chi connectivity index (χ0n) is 32.1. The van der Waals surface area contributed by atoms with Crippen molar-refractivity contribution in [3.63, 3.8) is 0 Å². The Morgan fingerprint density at radius 2 is 1.81 bits per heavy atom. The van der Waals surface area contributed by atoms with Crippen LogP contribution in [0.1, 0.15) is 109 Å². The lowest BCUT2D eigenvalue weighted by molar-refractivity contribution is -0.264. The summed E-state index contributed by atoms with van der Waals surface area (Å²) in [6.45, 7) is 10.1. The molecule has 11 heteroatoms. The molecule has 54 heavy (non-hydrogen) atoms. The fourth-order valence-electron chi connectivity index (χ4n) is 15.6. The van der Waals surface area contributed by atoms with Crippen molar-refractivity contribution in [3.8, 4) is 0 Å². The number of carbonyl (C=O) groups is 3. The van der Waals surface area contributed by atoms with Crippen molar-refractivity contribution >= 4 is 17.7 Å². The van der Waals surface area contributed by atoms with E-state index in [9.17, 15) is 19.5 Å². The van der Waals surface area contributed by atoms with E-state index in [0.717, 1.165) is 50.2 Å². The molecule has 0 aromatic carbocycles. The summed E-state index contributed by atoms with van der Waals surface area (Å²) in [5, 5.41) is 16.0. The van der Waals surface area contributed by atoms with Crippen LogP contribution in [0.4, 0.5) is 0 Å². The Morgan fingerprint density at radius 3 is 2.63 bits per heavy atom. The molecule has 0 radical (unpaired) electrons. The molecule has 0 unspecified atom stereocenters. The highest BCUT2D eigenvalue weighted by atomic mass is 16.7. The van der Waals surface area contributed by atoms with Crippen molar-refractivity contribution in [2.45, 2.75) is 140 Å². The molecule has 14 atom stereocenters. The molecule has 11 rings (SSSR count). The van der Waals surface area contributed by atoms with Gasteiger partial charge in [-0.2, -0.15) is 0 Å². The van der Waals surface area contributed by atoms with Gasteiger partial charge in [0.25, 0.3) is 0 Å². The minimum absolute atomic E-state index is 0.0661. The van der Waals surface area contributed by atoms with Gasteiger partial charge in [0.05, 0.1) is 36.0 Å². The Bertz CT molecular complexity index is 1830. The number of aliphatic hydroxyl groups is 1. The first-order valence-electron chi connectivity index (χ1n) is 21.0. The molecule has 11 nitrogen and oxygen atoms in total. The van der Waals surface area contributed by atoms with Crippen LogP contribution in [0.15, 0.2) is 29.0 Å². The first-order valence-corrected chi connectivity index (χ1v) is 21.0. The molecular weight excluding hydrogens is 688 g/mol. The largest absolute Gasteiger partial charge is 0.469 e. The van der Waals surface area contributed by atoms with Crippen molar-refractivity contribution in [1.82, 2.24) is 10.2 Å². The van der Waals surface area contributed by atoms with E-state index in [4.69, 9.17) is 23.4 Å². The zero-order chi connectivity index (χ0) is 37.2. The number of ketones is 1. The van der Waals surface area contributed by atoms with Crippen LogP contribution in [0, 0.1) is 51.2 Å². The van der Waals surface area contributed by atoms with Crippen molar-refractivity contribution in [1.29, 1.82) is 0 Å². The van der Waals surface area contributed by atoms with E-state index < -0.39 is 69.2 Å². The number of rotatable bonds is 4. The number of hydrogen-bond acceptors (Lipinski definition) is 11. The van der Waals surface area contributed by atoms with Crippen molar-refractivity contribution in [2.24, 2.45) is 51.2 Å². The van der Waals surface area contributed by atoms with Crippen LogP contribution >= 0.6 is 0 Å². The van der Waals surface area contributed by atoms with Crippen LogP contribution in [0.3, 0.4) is 0 Å². The van der Waals surface area contributed by atoms with Crippen molar-refractivity contribution < 1.29 is 42.9 Å². The van der Waals surface area contributed by atoms with Gasteiger partial charge in [-0.3, -0.25) is 14.9 Å². The molecule has 4 aliphatic carbocycles. The molecule has 5 saturated heterocycles. The molecule has 7 heterocycles. The standard InChI is InChI=1S/C43H56N2O9/c1-38(2)31-30(46)32(47)40(4)29(42(31)21-51-37(49)41(36(42)54-38)14-5-6-15-41)11-16-39(3)33(52-35(48)34-43(39,40)53-34)26-13-18-50-28(26)10-8-23-7-9-25-24(19-23)12-17-45-22-44-20-27(25)45/h12-13,17-18,23-25,27,29,31-34,36,44,47H,5-11,14-16,19-22H2,1-4H3/t23-,24+,25-,27-,29-,31+,32+,33-,34+,36-,39-,40-,42+,43+/m0/s1. The summed E-state index contributed by atoms with van der Waals surface area (Å²) >= 11 is 0. The number of allylic oxidation sites excluding steroid dienone is 1. The number of nitrogens with zero attached hydrogens (tertiary/aromatic N) is 1. The second-order valence-corrected chi connectivity index (χ2v) is 20.1. The van der Waals surface area contributed by atoms with Crippen molar-refractivity contribution in [2.75, 3.05) is 19.8 Å². The number of carbonyl (C=O) groups excluding carboxylic acids is 3. The van der Waals surface area contributed by atoms with Crippen LogP contribution in [0.5, 0.6) is 0 Å². The predicted octanol–water partition coefficient (Wildman–Crippen LogP) is 5.00. The Labute approximate surface area is 317 Å². The topological polar surface area (TPSA) is 140 Å². The fourth-order valence-corrected chi connectivity index (χ4v) is 15.6. The Kier molecular flexibility index (Phi) is 7.04. The third kappa shape index (κ3) is 3.91. The molecule has 3 spiro atoms. The summed E-state index contributed by atoms with van der Waals surface area (Å²) in [5.41, 5.74) is -4.80. The van der Waals surface area contributed by atoms with E-state index in [1.165, 1.54) is 19.3 Å². The Balaban J connectivity index is 0.925. The maximum absolute atomic E-state index is 14.9. The zero-order valence-corrected chi connectivity index (χ0v) is 32.1. The third-order valence-electron chi connectivity index (χ3n) is 17.7. The average Bonchev–Trinajstić information content (AvgIpc) is 3.58. The van der Waals surface area contributed by atoms with Gasteiger partial charge >= 0.3 is 11.9 Å². The van der Waals surface area contributed by atoms with Crippen LogP contribution in [-0.4, -0.2) is 83.1 Å². The molecule has 292 valence electrons. The van der Waals surface area contributed by atoms with Gasteiger partial charge in [0.1, 0.15) is 30.2 Å². The molecule has 0 amide bonds. The fraction of sp³-hybridized carbons (Fsp3) is 0.791. The van der Waals surface area contributed by atoms with Gasteiger partial charge in [-0.25, -0.2) is 4.79 Å². The van der Waals surface area contributed by atoms with Gasteiger partial charge in [-0.05, 0) is 94.7 Å². The quantitative estimate of drug-likeness (QED) is 0.318. The molecule has 1 aromatic rings. The first kappa shape index (κ1) is 34.5. The molecule has 2 N–H and O–H groups in total. The minimum Gasteiger partial charge on any atom is -0.469 e. The highest BCUT2D eigenvalue weighted by molar-refractivity contribution is 5.92. The lowest BCUT2D eigenvalue weighted by atomic mass is 9.35. The van der Waals surface area contributed by atoms with Crippen molar-refractivity contribution in [3.05, 3.63) is 35.9 Å². The predicted molar refractivity (Wildman–Crippen MR) is 192 cm³/mol. The van der Waals surface area contributed by atoms with E-state index in [1.807, 2.05) is 26.8 Å². The summed E-state index contributed by atoms with van der Waals surface area (Å²) in [5.74, 6) is 0.816. The van der Waals surface area contributed by atoms with E-state index in [-0.39, 0.29) is 24.3 Å². The summed E-state index contributed by atoms with van der Waals surface area (Å²) < 4.78 is 32.5. The Morgan fingerprint density at radius 1 is 1.00 bits per heavy atom. The summed E-state index contributed by atoms with van der Waals surface area (Å²) in [4.78, 5) is 45.2. The smallest absolute Gasteiger partial charge is 0.339 e. The van der Waals surface area contributed by atoms with Gasteiger partial charge in [0.2, 0.25) is 0 Å². The minimum atomic E-state index is -1.40. The molecule has 1 aromatic heterocycles. The number of hydrogen-bond donors (Lipinski definition) is 2. The van der Waals surface area contributed by atoms with Crippen LogP contribution in [0.2, 0.25) is 0 Å². The number of aliphatic hydroxyl groups excluding tert-OH is 1. The highest BCUT2D eigenvalue weighted by Gasteiger charge is 2.91. The van der Waals surface area contributed by atoms with E-state index >= 15 is 0 Å². The van der Waals surface area contributed by atoms with Crippen LogP contribution < -0.4 is 5.32 Å². The molecule has 6 aliphatic heterocycles. The van der Waals surface area contributed by atoms with Gasteiger partial charge < -0.3 is 33.4 Å². The number of aryl methyl sites for hydroxylation is 1. The summed E-state index contributed by atoms with van der Waals surface area (Å²) in [6.07, 6.45) is 12.8. The van der Waals surface area contributed by atoms with Gasteiger partial charge in [-0.15, -0.1) is 0 Å². The second-order valence-electron chi connectivity index (χ2n) is 20.1. The number of furan rings is 1. The van der Waals surface area contributed by atoms with Crippen LogP contribution in [-0.2, 0) is 39.8 Å². The normalized spacial score (nSPS) is 50.2. The van der Waals surface area contributed by atoms with E-state index in [1.54, 1.807) is 6.26 Å². The lowest BCUT2D eigenvalue weighted by Crippen LogP contribution is -2.77. The average molecular weight is 745 g/mol.